The summed E-state index contributed by atoms with van der Waals surface area (Å²) in [6, 6.07) is 4.92. The molecule has 0 aromatic heterocycles. The number of carbonyl (C=O) groups is 1. The van der Waals surface area contributed by atoms with Crippen LogP contribution >= 0.6 is 15.9 Å². The molecule has 0 bridgehead atoms. The van der Waals surface area contributed by atoms with Gasteiger partial charge in [0, 0.05) is 12.5 Å². The van der Waals surface area contributed by atoms with Crippen molar-refractivity contribution in [3.05, 3.63) is 38.3 Å². The fraction of sp³-hybridized carbons (Fsp3) is 0.300. The molecule has 0 saturated carbocycles. The van der Waals surface area contributed by atoms with Gasteiger partial charge in [-0.25, -0.2) is 0 Å². The number of halogens is 1. The van der Waals surface area contributed by atoms with Crippen molar-refractivity contribution in [3.63, 3.8) is 0 Å². The molecule has 1 rings (SSSR count). The standard InChI is InChI=1S/C10H10BrNO3/c11-10-8(4-1-2-7-13)5-3-6-9(10)12(14)15/h3,5-7H,1-2,4H2. The van der Waals surface area contributed by atoms with E-state index in [1.54, 1.807) is 6.07 Å². The summed E-state index contributed by atoms with van der Waals surface area (Å²) in [6.45, 7) is 0. The lowest BCUT2D eigenvalue weighted by atomic mass is 10.1. The molecule has 1 aromatic carbocycles. The van der Waals surface area contributed by atoms with E-state index in [1.807, 2.05) is 6.07 Å². The third kappa shape index (κ3) is 3.13. The van der Waals surface area contributed by atoms with Crippen LogP contribution in [0.15, 0.2) is 22.7 Å². The first-order valence-corrected chi connectivity index (χ1v) is 5.31. The Balaban J connectivity index is 2.84. The van der Waals surface area contributed by atoms with Crippen LogP contribution in [-0.4, -0.2) is 11.2 Å². The van der Waals surface area contributed by atoms with Gasteiger partial charge in [-0.1, -0.05) is 12.1 Å². The molecule has 4 nitrogen and oxygen atoms in total. The molecule has 0 aliphatic carbocycles. The van der Waals surface area contributed by atoms with Crippen molar-refractivity contribution in [2.75, 3.05) is 0 Å². The first kappa shape index (κ1) is 11.8. The number of hydrogen-bond donors (Lipinski definition) is 0. The van der Waals surface area contributed by atoms with Gasteiger partial charge in [0.1, 0.15) is 6.29 Å². The first-order valence-electron chi connectivity index (χ1n) is 4.52. The van der Waals surface area contributed by atoms with Crippen LogP contribution in [-0.2, 0) is 11.2 Å². The second kappa shape index (κ2) is 5.60. The van der Waals surface area contributed by atoms with Crippen LogP contribution in [0, 0.1) is 10.1 Å². The number of unbranched alkanes of at least 4 members (excludes halogenated alkanes) is 1. The molecule has 5 heteroatoms. The zero-order valence-electron chi connectivity index (χ0n) is 7.98. The molecule has 0 spiro atoms. The molecule has 0 saturated heterocycles. The highest BCUT2D eigenvalue weighted by Gasteiger charge is 2.13. The Morgan fingerprint density at radius 1 is 1.47 bits per heavy atom. The number of rotatable bonds is 5. The minimum Gasteiger partial charge on any atom is -0.303 e. The van der Waals surface area contributed by atoms with E-state index in [2.05, 4.69) is 15.9 Å². The Bertz CT molecular complexity index is 379. The van der Waals surface area contributed by atoms with Gasteiger partial charge in [-0.2, -0.15) is 0 Å². The van der Waals surface area contributed by atoms with E-state index in [9.17, 15) is 14.9 Å². The maximum atomic E-state index is 10.6. The summed E-state index contributed by atoms with van der Waals surface area (Å²) in [5.74, 6) is 0. The van der Waals surface area contributed by atoms with Crippen LogP contribution in [0.4, 0.5) is 5.69 Å². The third-order valence-corrected chi connectivity index (χ3v) is 2.94. The van der Waals surface area contributed by atoms with Crippen molar-refractivity contribution in [3.8, 4) is 0 Å². The summed E-state index contributed by atoms with van der Waals surface area (Å²) in [5, 5.41) is 10.6. The number of benzene rings is 1. The fourth-order valence-corrected chi connectivity index (χ4v) is 1.88. The van der Waals surface area contributed by atoms with Gasteiger partial charge in [-0.3, -0.25) is 10.1 Å². The SMILES string of the molecule is O=CCCCc1cccc([N+](=O)[O-])c1Br. The van der Waals surface area contributed by atoms with Gasteiger partial charge in [-0.05, 0) is 34.3 Å². The predicted octanol–water partition coefficient (Wildman–Crippen LogP) is 2.88. The molecule has 80 valence electrons. The van der Waals surface area contributed by atoms with Gasteiger partial charge >= 0.3 is 0 Å². The molecular formula is C10H10BrNO3. The Morgan fingerprint density at radius 2 is 2.20 bits per heavy atom. The summed E-state index contributed by atoms with van der Waals surface area (Å²) in [6.07, 6.45) is 2.71. The Hall–Kier alpha value is -1.23. The minimum absolute atomic E-state index is 0.0682. The molecule has 0 unspecified atom stereocenters. The van der Waals surface area contributed by atoms with Gasteiger partial charge in [-0.15, -0.1) is 0 Å². The maximum absolute atomic E-state index is 10.6. The molecule has 0 fully saturated rings. The van der Waals surface area contributed by atoms with Crippen molar-refractivity contribution in [2.24, 2.45) is 0 Å². The summed E-state index contributed by atoms with van der Waals surface area (Å²) >= 11 is 3.20. The van der Waals surface area contributed by atoms with E-state index in [0.717, 1.165) is 11.8 Å². The Kier molecular flexibility index (Phi) is 4.42. The summed E-state index contributed by atoms with van der Waals surface area (Å²) in [5.41, 5.74) is 0.935. The highest BCUT2D eigenvalue weighted by Crippen LogP contribution is 2.29. The number of aryl methyl sites for hydroxylation is 1. The predicted molar refractivity (Wildman–Crippen MR) is 59.8 cm³/mol. The lowest BCUT2D eigenvalue weighted by molar-refractivity contribution is -0.385. The normalized spacial score (nSPS) is 9.93. The summed E-state index contributed by atoms with van der Waals surface area (Å²) < 4.78 is 0.515. The number of nitrogens with zero attached hydrogens (tertiary/aromatic N) is 1. The molecule has 0 atom stereocenters. The first-order chi connectivity index (χ1) is 7.16. The maximum Gasteiger partial charge on any atom is 0.283 e. The van der Waals surface area contributed by atoms with E-state index in [4.69, 9.17) is 0 Å². The summed E-state index contributed by atoms with van der Waals surface area (Å²) in [7, 11) is 0. The second-order valence-electron chi connectivity index (χ2n) is 3.07. The van der Waals surface area contributed by atoms with Crippen LogP contribution in [0.3, 0.4) is 0 Å². The number of nitro groups is 1. The second-order valence-corrected chi connectivity index (χ2v) is 3.86. The quantitative estimate of drug-likeness (QED) is 0.358. The summed E-state index contributed by atoms with van der Waals surface area (Å²) in [4.78, 5) is 20.3. The fourth-order valence-electron chi connectivity index (χ4n) is 1.28. The third-order valence-electron chi connectivity index (χ3n) is 2.02. The molecule has 1 aromatic rings. The number of carbonyl (C=O) groups excluding carboxylic acids is 1. The average molecular weight is 272 g/mol. The number of aldehydes is 1. The van der Waals surface area contributed by atoms with Gasteiger partial charge in [0.2, 0.25) is 0 Å². The van der Waals surface area contributed by atoms with Gasteiger partial charge in [0.25, 0.3) is 5.69 Å². The van der Waals surface area contributed by atoms with Gasteiger partial charge < -0.3 is 4.79 Å². The van der Waals surface area contributed by atoms with Crippen LogP contribution in [0.1, 0.15) is 18.4 Å². The molecule has 0 N–H and O–H groups in total. The van der Waals surface area contributed by atoms with Crippen molar-refractivity contribution >= 4 is 27.9 Å². The number of nitro benzene ring substituents is 1. The molecular weight excluding hydrogens is 262 g/mol. The highest BCUT2D eigenvalue weighted by atomic mass is 79.9. The van der Waals surface area contributed by atoms with Crippen molar-refractivity contribution in [1.82, 2.24) is 0 Å². The van der Waals surface area contributed by atoms with Gasteiger partial charge in [0.15, 0.2) is 0 Å². The van der Waals surface area contributed by atoms with Crippen LogP contribution in [0.25, 0.3) is 0 Å². The molecule has 0 heterocycles. The van der Waals surface area contributed by atoms with E-state index >= 15 is 0 Å². The monoisotopic (exact) mass is 271 g/mol. The van der Waals surface area contributed by atoms with E-state index < -0.39 is 4.92 Å². The van der Waals surface area contributed by atoms with Crippen LogP contribution < -0.4 is 0 Å². The van der Waals surface area contributed by atoms with Crippen molar-refractivity contribution in [2.45, 2.75) is 19.3 Å². The Labute approximate surface area is 95.6 Å². The molecule has 0 amide bonds. The molecule has 0 radical (unpaired) electrons. The smallest absolute Gasteiger partial charge is 0.283 e. The Morgan fingerprint density at radius 3 is 2.80 bits per heavy atom. The largest absolute Gasteiger partial charge is 0.303 e. The van der Waals surface area contributed by atoms with Gasteiger partial charge in [0.05, 0.1) is 9.40 Å². The topological polar surface area (TPSA) is 60.2 Å². The lowest BCUT2D eigenvalue weighted by Crippen LogP contribution is -1.94. The minimum atomic E-state index is -0.423. The van der Waals surface area contributed by atoms with E-state index in [0.29, 0.717) is 23.7 Å². The van der Waals surface area contributed by atoms with E-state index in [1.165, 1.54) is 6.07 Å². The van der Waals surface area contributed by atoms with Crippen molar-refractivity contribution < 1.29 is 9.72 Å². The zero-order valence-corrected chi connectivity index (χ0v) is 9.57. The lowest BCUT2D eigenvalue weighted by Gasteiger charge is -2.03. The highest BCUT2D eigenvalue weighted by molar-refractivity contribution is 9.10. The van der Waals surface area contributed by atoms with Crippen LogP contribution in [0.2, 0.25) is 0 Å². The molecule has 15 heavy (non-hydrogen) atoms. The molecule has 0 aliphatic rings. The van der Waals surface area contributed by atoms with Crippen LogP contribution in [0.5, 0.6) is 0 Å². The number of hydrogen-bond acceptors (Lipinski definition) is 3. The average Bonchev–Trinajstić information content (AvgIpc) is 2.20. The van der Waals surface area contributed by atoms with Crippen molar-refractivity contribution in [1.29, 1.82) is 0 Å². The van der Waals surface area contributed by atoms with E-state index in [-0.39, 0.29) is 5.69 Å². The zero-order chi connectivity index (χ0) is 11.3. The molecule has 0 aliphatic heterocycles.